The summed E-state index contributed by atoms with van der Waals surface area (Å²) in [4.78, 5) is 11.6. The van der Waals surface area contributed by atoms with Gasteiger partial charge >= 0.3 is 0 Å². The summed E-state index contributed by atoms with van der Waals surface area (Å²) in [6.07, 6.45) is 9.20. The Morgan fingerprint density at radius 1 is 1.25 bits per heavy atom. The topological polar surface area (TPSA) is 17.1 Å². The SMILES string of the molecule is CC[C@H]1[C@@H]2C=C[C@@H]3CC(=O)C[C@@H]3[C@H]2C[C@H]1C. The summed E-state index contributed by atoms with van der Waals surface area (Å²) in [5.41, 5.74) is 0. The number of hydrogen-bond acceptors (Lipinski definition) is 1. The van der Waals surface area contributed by atoms with E-state index in [1.807, 2.05) is 0 Å². The first-order valence-electron chi connectivity index (χ1n) is 6.90. The summed E-state index contributed by atoms with van der Waals surface area (Å²) in [6.45, 7) is 4.73. The van der Waals surface area contributed by atoms with Gasteiger partial charge in [-0.25, -0.2) is 0 Å². The number of fused-ring (bicyclic) bond motifs is 3. The lowest BCUT2D eigenvalue weighted by Crippen LogP contribution is -2.27. The Bertz CT molecular complexity index is 330. The van der Waals surface area contributed by atoms with Gasteiger partial charge in [-0.15, -0.1) is 0 Å². The van der Waals surface area contributed by atoms with Gasteiger partial charge in [0.2, 0.25) is 0 Å². The smallest absolute Gasteiger partial charge is 0.133 e. The van der Waals surface area contributed by atoms with Crippen molar-refractivity contribution in [2.75, 3.05) is 0 Å². The maximum Gasteiger partial charge on any atom is 0.133 e. The maximum atomic E-state index is 11.6. The molecule has 0 spiro atoms. The van der Waals surface area contributed by atoms with E-state index < -0.39 is 0 Å². The molecule has 3 rings (SSSR count). The molecule has 6 atom stereocenters. The van der Waals surface area contributed by atoms with Crippen molar-refractivity contribution in [2.24, 2.45) is 35.5 Å². The molecule has 1 heteroatoms. The third kappa shape index (κ3) is 1.40. The Kier molecular flexibility index (Phi) is 2.45. The molecule has 0 N–H and O–H groups in total. The van der Waals surface area contributed by atoms with E-state index in [1.54, 1.807) is 0 Å². The summed E-state index contributed by atoms with van der Waals surface area (Å²) in [5.74, 6) is 5.14. The van der Waals surface area contributed by atoms with Crippen LogP contribution in [0.3, 0.4) is 0 Å². The number of carbonyl (C=O) groups is 1. The first kappa shape index (κ1) is 10.6. The van der Waals surface area contributed by atoms with E-state index >= 15 is 0 Å². The van der Waals surface area contributed by atoms with E-state index in [-0.39, 0.29) is 0 Å². The third-order valence-electron chi connectivity index (χ3n) is 5.44. The van der Waals surface area contributed by atoms with Crippen molar-refractivity contribution in [1.29, 1.82) is 0 Å². The molecule has 0 amide bonds. The van der Waals surface area contributed by atoms with Crippen LogP contribution in [0.5, 0.6) is 0 Å². The second kappa shape index (κ2) is 3.72. The highest BCUT2D eigenvalue weighted by Crippen LogP contribution is 2.54. The van der Waals surface area contributed by atoms with Gasteiger partial charge in [0, 0.05) is 12.8 Å². The second-order valence-corrected chi connectivity index (χ2v) is 6.19. The maximum absolute atomic E-state index is 11.6. The lowest BCUT2D eigenvalue weighted by molar-refractivity contribution is -0.117. The summed E-state index contributed by atoms with van der Waals surface area (Å²) in [5, 5.41) is 0. The van der Waals surface area contributed by atoms with E-state index in [0.29, 0.717) is 17.6 Å². The Morgan fingerprint density at radius 2 is 2.06 bits per heavy atom. The van der Waals surface area contributed by atoms with Crippen molar-refractivity contribution in [3.05, 3.63) is 12.2 Å². The van der Waals surface area contributed by atoms with Crippen LogP contribution in [0.4, 0.5) is 0 Å². The van der Waals surface area contributed by atoms with Crippen LogP contribution in [0.1, 0.15) is 39.5 Å². The fraction of sp³-hybridized carbons (Fsp3) is 0.800. The third-order valence-corrected chi connectivity index (χ3v) is 5.44. The molecule has 0 saturated heterocycles. The van der Waals surface area contributed by atoms with Crippen LogP contribution in [0.15, 0.2) is 12.2 Å². The predicted molar refractivity (Wildman–Crippen MR) is 64.9 cm³/mol. The zero-order valence-corrected chi connectivity index (χ0v) is 10.4. The van der Waals surface area contributed by atoms with Crippen LogP contribution >= 0.6 is 0 Å². The highest BCUT2D eigenvalue weighted by atomic mass is 16.1. The molecule has 0 radical (unpaired) electrons. The van der Waals surface area contributed by atoms with Crippen molar-refractivity contribution in [2.45, 2.75) is 39.5 Å². The van der Waals surface area contributed by atoms with Gasteiger partial charge in [-0.3, -0.25) is 4.79 Å². The van der Waals surface area contributed by atoms with Gasteiger partial charge in [0.1, 0.15) is 5.78 Å². The molecule has 3 aliphatic carbocycles. The first-order valence-corrected chi connectivity index (χ1v) is 6.90. The summed E-state index contributed by atoms with van der Waals surface area (Å²) < 4.78 is 0. The van der Waals surface area contributed by atoms with Gasteiger partial charge in [-0.2, -0.15) is 0 Å². The monoisotopic (exact) mass is 218 g/mol. The molecule has 3 aliphatic rings. The van der Waals surface area contributed by atoms with Gasteiger partial charge in [-0.1, -0.05) is 32.4 Å². The molecule has 0 aromatic heterocycles. The minimum absolute atomic E-state index is 0.507. The molecule has 0 aromatic carbocycles. The summed E-state index contributed by atoms with van der Waals surface area (Å²) in [7, 11) is 0. The Morgan fingerprint density at radius 3 is 2.81 bits per heavy atom. The van der Waals surface area contributed by atoms with E-state index in [4.69, 9.17) is 0 Å². The molecule has 0 aliphatic heterocycles. The molecule has 0 bridgehead atoms. The van der Waals surface area contributed by atoms with E-state index in [9.17, 15) is 4.79 Å². The average molecular weight is 218 g/mol. The average Bonchev–Trinajstić information content (AvgIpc) is 2.76. The molecule has 0 unspecified atom stereocenters. The van der Waals surface area contributed by atoms with Gasteiger partial charge in [0.25, 0.3) is 0 Å². The number of Topliss-reactive ketones (excluding diaryl/α,β-unsaturated/α-hetero) is 1. The highest BCUT2D eigenvalue weighted by Gasteiger charge is 2.48. The van der Waals surface area contributed by atoms with Crippen LogP contribution in [-0.2, 0) is 4.79 Å². The zero-order valence-electron chi connectivity index (χ0n) is 10.4. The summed E-state index contributed by atoms with van der Waals surface area (Å²) >= 11 is 0. The number of allylic oxidation sites excluding steroid dienone is 2. The largest absolute Gasteiger partial charge is 0.300 e. The molecule has 1 nitrogen and oxygen atoms in total. The number of carbonyl (C=O) groups excluding carboxylic acids is 1. The Labute approximate surface area is 98.3 Å². The van der Waals surface area contributed by atoms with Gasteiger partial charge < -0.3 is 0 Å². The van der Waals surface area contributed by atoms with Gasteiger partial charge in [0.15, 0.2) is 0 Å². The van der Waals surface area contributed by atoms with Crippen molar-refractivity contribution >= 4 is 5.78 Å². The van der Waals surface area contributed by atoms with Crippen molar-refractivity contribution < 1.29 is 4.79 Å². The van der Waals surface area contributed by atoms with Crippen molar-refractivity contribution in [3.63, 3.8) is 0 Å². The minimum atomic E-state index is 0.507. The lowest BCUT2D eigenvalue weighted by atomic mass is 9.71. The van der Waals surface area contributed by atoms with Gasteiger partial charge in [-0.05, 0) is 41.9 Å². The van der Waals surface area contributed by atoms with E-state index in [0.717, 1.165) is 36.5 Å². The summed E-state index contributed by atoms with van der Waals surface area (Å²) in [6, 6.07) is 0. The molecule has 16 heavy (non-hydrogen) atoms. The van der Waals surface area contributed by atoms with E-state index in [2.05, 4.69) is 26.0 Å². The second-order valence-electron chi connectivity index (χ2n) is 6.19. The Hall–Kier alpha value is -0.590. The first-order chi connectivity index (χ1) is 7.70. The van der Waals surface area contributed by atoms with Crippen LogP contribution in [0, 0.1) is 35.5 Å². The predicted octanol–water partition coefficient (Wildman–Crippen LogP) is 3.45. The van der Waals surface area contributed by atoms with Gasteiger partial charge in [0.05, 0.1) is 0 Å². The van der Waals surface area contributed by atoms with Crippen LogP contribution in [0.2, 0.25) is 0 Å². The normalized spacial score (nSPS) is 50.5. The molecular formula is C15H22O. The Balaban J connectivity index is 1.88. The fourth-order valence-electron chi connectivity index (χ4n) is 4.74. The molecule has 0 aromatic rings. The van der Waals surface area contributed by atoms with Crippen molar-refractivity contribution in [3.8, 4) is 0 Å². The number of ketones is 1. The molecular weight excluding hydrogens is 196 g/mol. The van der Waals surface area contributed by atoms with Crippen LogP contribution < -0.4 is 0 Å². The van der Waals surface area contributed by atoms with E-state index in [1.165, 1.54) is 12.8 Å². The number of hydrogen-bond donors (Lipinski definition) is 0. The standard InChI is InChI=1S/C15H22O/c1-3-12-9(2)6-15-13(12)5-4-10-7-11(16)8-14(10)15/h4-5,9-10,12-15H,3,6-8H2,1-2H3/t9-,10-,12-,13+,14+,15+/m1/s1. The van der Waals surface area contributed by atoms with Crippen LogP contribution in [-0.4, -0.2) is 5.78 Å². The molecule has 88 valence electrons. The minimum Gasteiger partial charge on any atom is -0.300 e. The quantitative estimate of drug-likeness (QED) is 0.616. The van der Waals surface area contributed by atoms with Crippen molar-refractivity contribution in [1.82, 2.24) is 0 Å². The lowest BCUT2D eigenvalue weighted by Gasteiger charge is -2.33. The zero-order chi connectivity index (χ0) is 11.3. The highest BCUT2D eigenvalue weighted by molar-refractivity contribution is 5.81. The number of rotatable bonds is 1. The van der Waals surface area contributed by atoms with Crippen LogP contribution in [0.25, 0.3) is 0 Å². The molecule has 2 fully saturated rings. The molecule has 0 heterocycles. The molecule has 2 saturated carbocycles. The fourth-order valence-corrected chi connectivity index (χ4v) is 4.74.